The van der Waals surface area contributed by atoms with Crippen LogP contribution >= 0.6 is 11.3 Å². The number of carbonyl (C=O) groups is 1. The molecular formula is C13H14N4OS. The molecule has 0 bridgehead atoms. The molecular weight excluding hydrogens is 260 g/mol. The number of hydrogen-bond acceptors (Lipinski definition) is 5. The lowest BCUT2D eigenvalue weighted by molar-refractivity contribution is 0.102. The molecule has 19 heavy (non-hydrogen) atoms. The molecule has 3 rings (SSSR count). The van der Waals surface area contributed by atoms with Crippen molar-refractivity contribution in [2.24, 2.45) is 0 Å². The normalized spacial score (nSPS) is 14.4. The third kappa shape index (κ3) is 2.49. The van der Waals surface area contributed by atoms with Gasteiger partial charge in [0.15, 0.2) is 0 Å². The fraction of sp³-hybridized carbons (Fsp3) is 0.385. The Balaban J connectivity index is 1.87. The summed E-state index contributed by atoms with van der Waals surface area (Å²) < 4.78 is 0. The molecule has 1 aliphatic carbocycles. The Morgan fingerprint density at radius 3 is 2.79 bits per heavy atom. The number of hydrogen-bond donors (Lipinski definition) is 1. The highest BCUT2D eigenvalue weighted by Gasteiger charge is 2.29. The smallest absolute Gasteiger partial charge is 0.267 e. The van der Waals surface area contributed by atoms with Crippen molar-refractivity contribution in [2.45, 2.75) is 32.6 Å². The predicted molar refractivity (Wildman–Crippen MR) is 73.5 cm³/mol. The summed E-state index contributed by atoms with van der Waals surface area (Å²) in [4.78, 5) is 25.5. The lowest BCUT2D eigenvalue weighted by atomic mass is 10.2. The Labute approximate surface area is 115 Å². The quantitative estimate of drug-likeness (QED) is 0.934. The van der Waals surface area contributed by atoms with Crippen LogP contribution in [0.4, 0.5) is 5.69 Å². The van der Waals surface area contributed by atoms with E-state index in [-0.39, 0.29) is 5.91 Å². The molecule has 98 valence electrons. The number of nitrogens with one attached hydrogen (secondary N) is 1. The largest absolute Gasteiger partial charge is 0.318 e. The molecule has 0 saturated heterocycles. The van der Waals surface area contributed by atoms with Gasteiger partial charge in [0.05, 0.1) is 28.8 Å². The predicted octanol–water partition coefficient (Wildman–Crippen LogP) is 2.68. The van der Waals surface area contributed by atoms with Gasteiger partial charge < -0.3 is 5.32 Å². The van der Waals surface area contributed by atoms with Crippen LogP contribution in [0.5, 0.6) is 0 Å². The van der Waals surface area contributed by atoms with Gasteiger partial charge in [-0.2, -0.15) is 0 Å². The number of carbonyl (C=O) groups excluding carboxylic acids is 1. The number of anilines is 1. The second-order valence-corrected chi connectivity index (χ2v) is 5.57. The number of aromatic nitrogens is 3. The highest BCUT2D eigenvalue weighted by Crippen LogP contribution is 2.42. The first-order valence-corrected chi connectivity index (χ1v) is 7.08. The van der Waals surface area contributed by atoms with E-state index in [1.807, 2.05) is 13.8 Å². The molecule has 0 unspecified atom stereocenters. The van der Waals surface area contributed by atoms with Crippen molar-refractivity contribution in [1.82, 2.24) is 15.0 Å². The standard InChI is InChI=1S/C13H14N4OS/c1-7-12(19-6-15-7)13(18)17-10-5-14-8(2)16-11(10)9-3-4-9/h5-6,9H,3-4H2,1-2H3,(H,17,18). The van der Waals surface area contributed by atoms with Crippen molar-refractivity contribution in [3.05, 3.63) is 33.8 Å². The van der Waals surface area contributed by atoms with E-state index in [0.29, 0.717) is 10.8 Å². The van der Waals surface area contributed by atoms with Crippen LogP contribution < -0.4 is 5.32 Å². The van der Waals surface area contributed by atoms with Gasteiger partial charge in [0.25, 0.3) is 5.91 Å². The molecule has 2 aromatic heterocycles. The van der Waals surface area contributed by atoms with Crippen LogP contribution in [0.15, 0.2) is 11.7 Å². The van der Waals surface area contributed by atoms with E-state index in [0.717, 1.165) is 35.7 Å². The molecule has 1 amide bonds. The summed E-state index contributed by atoms with van der Waals surface area (Å²) in [6.07, 6.45) is 3.97. The monoisotopic (exact) mass is 274 g/mol. The Bertz CT molecular complexity index is 633. The van der Waals surface area contributed by atoms with Crippen molar-refractivity contribution in [2.75, 3.05) is 5.32 Å². The lowest BCUT2D eigenvalue weighted by Gasteiger charge is -2.09. The van der Waals surface area contributed by atoms with E-state index in [1.54, 1.807) is 11.7 Å². The van der Waals surface area contributed by atoms with Crippen LogP contribution in [0.2, 0.25) is 0 Å². The molecule has 2 heterocycles. The molecule has 6 heteroatoms. The van der Waals surface area contributed by atoms with Gasteiger partial charge >= 0.3 is 0 Å². The van der Waals surface area contributed by atoms with E-state index < -0.39 is 0 Å². The average molecular weight is 274 g/mol. The number of amides is 1. The van der Waals surface area contributed by atoms with E-state index in [2.05, 4.69) is 20.3 Å². The van der Waals surface area contributed by atoms with E-state index in [4.69, 9.17) is 0 Å². The van der Waals surface area contributed by atoms with Gasteiger partial charge in [0.1, 0.15) is 10.7 Å². The first-order chi connectivity index (χ1) is 9.15. The second-order valence-electron chi connectivity index (χ2n) is 4.71. The minimum absolute atomic E-state index is 0.130. The van der Waals surface area contributed by atoms with Gasteiger partial charge in [0.2, 0.25) is 0 Å². The van der Waals surface area contributed by atoms with Crippen LogP contribution in [0.1, 0.15) is 45.6 Å². The first kappa shape index (κ1) is 12.2. The molecule has 0 aliphatic heterocycles. The molecule has 1 aliphatic rings. The van der Waals surface area contributed by atoms with Crippen molar-refractivity contribution in [1.29, 1.82) is 0 Å². The van der Waals surface area contributed by atoms with Gasteiger partial charge in [-0.05, 0) is 26.7 Å². The summed E-state index contributed by atoms with van der Waals surface area (Å²) in [7, 11) is 0. The van der Waals surface area contributed by atoms with E-state index in [1.165, 1.54) is 11.3 Å². The summed E-state index contributed by atoms with van der Waals surface area (Å²) in [5.74, 6) is 1.09. The molecule has 1 saturated carbocycles. The van der Waals surface area contributed by atoms with Gasteiger partial charge in [-0.1, -0.05) is 0 Å². The SMILES string of the molecule is Cc1ncc(NC(=O)c2scnc2C)c(C2CC2)n1. The Morgan fingerprint density at radius 1 is 1.37 bits per heavy atom. The molecule has 0 atom stereocenters. The number of nitrogens with zero attached hydrogens (tertiary/aromatic N) is 3. The Kier molecular flexibility index (Phi) is 3.02. The second kappa shape index (κ2) is 4.70. The molecule has 5 nitrogen and oxygen atoms in total. The maximum atomic E-state index is 12.2. The lowest BCUT2D eigenvalue weighted by Crippen LogP contribution is -2.14. The maximum absolute atomic E-state index is 12.2. The van der Waals surface area contributed by atoms with Gasteiger partial charge in [-0.15, -0.1) is 11.3 Å². The van der Waals surface area contributed by atoms with Crippen molar-refractivity contribution in [3.63, 3.8) is 0 Å². The summed E-state index contributed by atoms with van der Waals surface area (Å²) in [5.41, 5.74) is 4.12. The van der Waals surface area contributed by atoms with Gasteiger partial charge in [-0.25, -0.2) is 15.0 Å². The number of thiazole rings is 1. The summed E-state index contributed by atoms with van der Waals surface area (Å²) in [5, 5.41) is 2.91. The third-order valence-electron chi connectivity index (χ3n) is 3.10. The number of aryl methyl sites for hydroxylation is 2. The Hall–Kier alpha value is -1.82. The number of rotatable bonds is 3. The molecule has 0 aromatic carbocycles. The highest BCUT2D eigenvalue weighted by atomic mass is 32.1. The topological polar surface area (TPSA) is 67.8 Å². The average Bonchev–Trinajstić information content (AvgIpc) is 3.13. The fourth-order valence-corrected chi connectivity index (χ4v) is 2.65. The third-order valence-corrected chi connectivity index (χ3v) is 4.03. The zero-order valence-electron chi connectivity index (χ0n) is 10.8. The van der Waals surface area contributed by atoms with Crippen LogP contribution in [-0.2, 0) is 0 Å². The zero-order chi connectivity index (χ0) is 13.4. The minimum atomic E-state index is -0.130. The van der Waals surface area contributed by atoms with Crippen molar-refractivity contribution < 1.29 is 4.79 Å². The van der Waals surface area contributed by atoms with E-state index in [9.17, 15) is 4.79 Å². The van der Waals surface area contributed by atoms with Crippen molar-refractivity contribution in [3.8, 4) is 0 Å². The van der Waals surface area contributed by atoms with Crippen LogP contribution in [0.3, 0.4) is 0 Å². The zero-order valence-corrected chi connectivity index (χ0v) is 11.6. The Morgan fingerprint density at radius 2 is 2.16 bits per heavy atom. The molecule has 0 spiro atoms. The van der Waals surface area contributed by atoms with Gasteiger partial charge in [0, 0.05) is 5.92 Å². The van der Waals surface area contributed by atoms with Gasteiger partial charge in [-0.3, -0.25) is 4.79 Å². The summed E-state index contributed by atoms with van der Waals surface area (Å²) in [6.45, 7) is 3.70. The van der Waals surface area contributed by atoms with Crippen LogP contribution in [-0.4, -0.2) is 20.9 Å². The minimum Gasteiger partial charge on any atom is -0.318 e. The first-order valence-electron chi connectivity index (χ1n) is 6.20. The van der Waals surface area contributed by atoms with Crippen molar-refractivity contribution >= 4 is 22.9 Å². The maximum Gasteiger partial charge on any atom is 0.267 e. The fourth-order valence-electron chi connectivity index (χ4n) is 1.95. The van der Waals surface area contributed by atoms with Crippen LogP contribution in [0, 0.1) is 13.8 Å². The van der Waals surface area contributed by atoms with Crippen LogP contribution in [0.25, 0.3) is 0 Å². The molecule has 0 radical (unpaired) electrons. The molecule has 2 aromatic rings. The summed E-state index contributed by atoms with van der Waals surface area (Å²) in [6, 6.07) is 0. The molecule has 1 fully saturated rings. The molecule has 1 N–H and O–H groups in total. The highest BCUT2D eigenvalue weighted by molar-refractivity contribution is 7.12. The van der Waals surface area contributed by atoms with E-state index >= 15 is 0 Å². The summed E-state index contributed by atoms with van der Waals surface area (Å²) >= 11 is 1.35.